The molecule has 1 fully saturated rings. The topological polar surface area (TPSA) is 50.5 Å². The zero-order valence-electron chi connectivity index (χ0n) is 17.8. The van der Waals surface area contributed by atoms with Crippen LogP contribution in [0.3, 0.4) is 0 Å². The fourth-order valence-electron chi connectivity index (χ4n) is 3.81. The van der Waals surface area contributed by atoms with Crippen molar-refractivity contribution in [3.8, 4) is 0 Å². The Morgan fingerprint density at radius 2 is 1.69 bits per heavy atom. The lowest BCUT2D eigenvalue weighted by Crippen LogP contribution is -3.27. The fourth-order valence-corrected chi connectivity index (χ4v) is 3.81. The molecule has 0 spiro atoms. The Labute approximate surface area is 174 Å². The smallest absolute Gasteiger partial charge is 0.407 e. The van der Waals surface area contributed by atoms with Gasteiger partial charge in [-0.15, -0.1) is 0 Å². The van der Waals surface area contributed by atoms with Gasteiger partial charge in [0.15, 0.2) is 0 Å². The van der Waals surface area contributed by atoms with Gasteiger partial charge < -0.3 is 24.8 Å². The molecular weight excluding hydrogens is 364 g/mol. The van der Waals surface area contributed by atoms with Crippen LogP contribution in [0.4, 0.5) is 10.5 Å². The Morgan fingerprint density at radius 1 is 1.03 bits per heavy atom. The van der Waals surface area contributed by atoms with Crippen molar-refractivity contribution in [3.05, 3.63) is 65.7 Å². The number of amides is 1. The van der Waals surface area contributed by atoms with E-state index in [1.807, 2.05) is 44.4 Å². The number of anilines is 1. The van der Waals surface area contributed by atoms with Crippen LogP contribution >= 0.6 is 0 Å². The number of quaternary nitrogens is 2. The summed E-state index contributed by atoms with van der Waals surface area (Å²) >= 11 is 0. The van der Waals surface area contributed by atoms with E-state index in [-0.39, 0.29) is 12.1 Å². The summed E-state index contributed by atoms with van der Waals surface area (Å²) < 4.78 is 5.40. The van der Waals surface area contributed by atoms with E-state index in [1.54, 1.807) is 4.90 Å². The van der Waals surface area contributed by atoms with Gasteiger partial charge in [0.25, 0.3) is 0 Å². The molecule has 0 unspecified atom stereocenters. The number of nitrogens with one attached hydrogen (secondary N) is 3. The lowest BCUT2D eigenvalue weighted by Gasteiger charge is -2.33. The van der Waals surface area contributed by atoms with E-state index >= 15 is 0 Å². The second kappa shape index (κ2) is 10.3. The average molecular weight is 399 g/mol. The van der Waals surface area contributed by atoms with E-state index in [2.05, 4.69) is 41.5 Å². The van der Waals surface area contributed by atoms with Gasteiger partial charge in [0.05, 0.1) is 13.6 Å². The molecule has 1 saturated heterocycles. The van der Waals surface area contributed by atoms with Crippen molar-refractivity contribution in [2.75, 3.05) is 58.8 Å². The van der Waals surface area contributed by atoms with Crippen LogP contribution in [0.1, 0.15) is 17.2 Å². The molecule has 0 aromatic heterocycles. The van der Waals surface area contributed by atoms with Crippen LogP contribution in [0.5, 0.6) is 0 Å². The molecule has 3 N–H and O–H groups in total. The minimum Gasteiger partial charge on any atom is -0.445 e. The molecule has 0 aliphatic carbocycles. The highest BCUT2D eigenvalue weighted by atomic mass is 16.5. The van der Waals surface area contributed by atoms with E-state index in [4.69, 9.17) is 4.74 Å². The normalized spacial score (nSPS) is 20.0. The minimum atomic E-state index is -0.358. The number of hydrogen-bond donors (Lipinski definition) is 3. The Bertz CT molecular complexity index is 756. The lowest BCUT2D eigenvalue weighted by molar-refractivity contribution is -1.02. The first-order valence-electron chi connectivity index (χ1n) is 10.4. The minimum absolute atomic E-state index is 0.226. The van der Waals surface area contributed by atoms with Gasteiger partial charge in [-0.25, -0.2) is 4.79 Å². The van der Waals surface area contributed by atoms with E-state index in [0.717, 1.165) is 31.7 Å². The van der Waals surface area contributed by atoms with Gasteiger partial charge in [-0.05, 0) is 17.7 Å². The van der Waals surface area contributed by atoms with Crippen molar-refractivity contribution in [1.29, 1.82) is 0 Å². The molecule has 3 rings (SSSR count). The first-order chi connectivity index (χ1) is 14.0. The Morgan fingerprint density at radius 3 is 2.31 bits per heavy atom. The third kappa shape index (κ3) is 6.21. The summed E-state index contributed by atoms with van der Waals surface area (Å²) in [5.41, 5.74) is 3.43. The number of likely N-dealkylation sites (N-methyl/N-ethyl adjacent to an activating group) is 1. The predicted molar refractivity (Wildman–Crippen MR) is 115 cm³/mol. The van der Waals surface area contributed by atoms with Crippen molar-refractivity contribution in [2.45, 2.75) is 12.6 Å². The van der Waals surface area contributed by atoms with Crippen LogP contribution in [0.2, 0.25) is 0 Å². The number of alkyl carbamates (subject to hydrolysis) is 1. The third-order valence-corrected chi connectivity index (χ3v) is 5.71. The van der Waals surface area contributed by atoms with Gasteiger partial charge in [-0.1, -0.05) is 42.5 Å². The van der Waals surface area contributed by atoms with E-state index in [9.17, 15) is 4.79 Å². The van der Waals surface area contributed by atoms with Crippen LogP contribution in [0, 0.1) is 0 Å². The summed E-state index contributed by atoms with van der Waals surface area (Å²) in [6.45, 7) is 5.38. The van der Waals surface area contributed by atoms with Gasteiger partial charge >= 0.3 is 6.09 Å². The van der Waals surface area contributed by atoms with Crippen LogP contribution in [0.15, 0.2) is 54.6 Å². The number of hydrogen-bond acceptors (Lipinski definition) is 3. The average Bonchev–Trinajstić information content (AvgIpc) is 2.74. The number of rotatable bonds is 7. The van der Waals surface area contributed by atoms with Gasteiger partial charge in [0.1, 0.15) is 38.8 Å². The summed E-state index contributed by atoms with van der Waals surface area (Å²) in [7, 11) is 6.34. The molecule has 1 heterocycles. The maximum atomic E-state index is 12.3. The maximum Gasteiger partial charge on any atom is 0.407 e. The molecule has 1 aliphatic rings. The zero-order chi connectivity index (χ0) is 20.6. The molecule has 1 amide bonds. The molecule has 156 valence electrons. The molecule has 2 aromatic carbocycles. The van der Waals surface area contributed by atoms with Crippen molar-refractivity contribution in [3.63, 3.8) is 0 Å². The molecule has 6 heteroatoms. The van der Waals surface area contributed by atoms with Crippen molar-refractivity contribution >= 4 is 11.8 Å². The third-order valence-electron chi connectivity index (χ3n) is 5.71. The summed E-state index contributed by atoms with van der Waals surface area (Å²) in [4.78, 5) is 17.5. The predicted octanol–water partition coefficient (Wildman–Crippen LogP) is 0.133. The summed E-state index contributed by atoms with van der Waals surface area (Å²) in [6, 6.07) is 18.7. The summed E-state index contributed by atoms with van der Waals surface area (Å²) in [5, 5.41) is 3.00. The second-order valence-corrected chi connectivity index (χ2v) is 8.10. The summed E-state index contributed by atoms with van der Waals surface area (Å²) in [6.07, 6.45) is -0.358. The van der Waals surface area contributed by atoms with Crippen LogP contribution in [-0.4, -0.2) is 60.0 Å². The van der Waals surface area contributed by atoms with Crippen molar-refractivity contribution in [2.24, 2.45) is 0 Å². The SMILES string of the molecule is CN(C)c1ccc([C@@H](CNC(=O)OCc2ccccc2)[NH+]2CC[NH+](C)CC2)cc1. The number of nitrogens with zero attached hydrogens (tertiary/aromatic N) is 1. The van der Waals surface area contributed by atoms with E-state index < -0.39 is 0 Å². The fraction of sp³-hybridized carbons (Fsp3) is 0.435. The van der Waals surface area contributed by atoms with Gasteiger partial charge in [0.2, 0.25) is 0 Å². The molecule has 1 aliphatic heterocycles. The highest BCUT2D eigenvalue weighted by molar-refractivity contribution is 5.67. The van der Waals surface area contributed by atoms with Crippen molar-refractivity contribution < 1.29 is 19.3 Å². The standard InChI is InChI=1S/C23H32N4O2/c1-25(2)21-11-9-20(10-12-21)22(27-15-13-26(3)14-16-27)17-24-23(28)29-18-19-7-5-4-6-8-19/h4-12,22H,13-18H2,1-3H3,(H,24,28)/p+2/t22-/m1/s1. The van der Waals surface area contributed by atoms with Crippen LogP contribution in [0.25, 0.3) is 0 Å². The maximum absolute atomic E-state index is 12.3. The van der Waals surface area contributed by atoms with Crippen LogP contribution in [-0.2, 0) is 11.3 Å². The van der Waals surface area contributed by atoms with Crippen LogP contribution < -0.4 is 20.0 Å². The first kappa shape index (κ1) is 21.1. The Kier molecular flexibility index (Phi) is 7.49. The Balaban J connectivity index is 1.62. The van der Waals surface area contributed by atoms with E-state index in [0.29, 0.717) is 13.2 Å². The number of piperazine rings is 1. The molecule has 29 heavy (non-hydrogen) atoms. The number of carbonyl (C=O) groups is 1. The number of benzene rings is 2. The van der Waals surface area contributed by atoms with Gasteiger partial charge in [-0.3, -0.25) is 0 Å². The summed E-state index contributed by atoms with van der Waals surface area (Å²) in [5.74, 6) is 0. The van der Waals surface area contributed by atoms with Crippen molar-refractivity contribution in [1.82, 2.24) is 5.32 Å². The Hall–Kier alpha value is -2.57. The first-order valence-corrected chi connectivity index (χ1v) is 10.4. The highest BCUT2D eigenvalue weighted by Crippen LogP contribution is 2.16. The second-order valence-electron chi connectivity index (χ2n) is 8.10. The number of carbonyl (C=O) groups excluding carboxylic acids is 1. The molecule has 2 aromatic rings. The largest absolute Gasteiger partial charge is 0.445 e. The molecule has 0 radical (unpaired) electrons. The molecule has 6 nitrogen and oxygen atoms in total. The molecule has 0 saturated carbocycles. The molecule has 0 bridgehead atoms. The van der Waals surface area contributed by atoms with E-state index in [1.165, 1.54) is 16.2 Å². The lowest BCUT2D eigenvalue weighted by atomic mass is 10.0. The molecule has 1 atom stereocenters. The molecular formula is C23H34N4O2+2. The highest BCUT2D eigenvalue weighted by Gasteiger charge is 2.29. The van der Waals surface area contributed by atoms with Gasteiger partial charge in [-0.2, -0.15) is 0 Å². The zero-order valence-corrected chi connectivity index (χ0v) is 17.8. The number of ether oxygens (including phenoxy) is 1. The quantitative estimate of drug-likeness (QED) is 0.622. The monoisotopic (exact) mass is 398 g/mol. The van der Waals surface area contributed by atoms with Gasteiger partial charge in [0, 0.05) is 25.3 Å².